The molecular weight excluding hydrogens is 265 g/mol. The summed E-state index contributed by atoms with van der Waals surface area (Å²) < 4.78 is 14.3. The molecule has 1 aromatic carbocycles. The maximum Gasteiger partial charge on any atom is 0.109 e. The van der Waals surface area contributed by atoms with Crippen LogP contribution in [0.3, 0.4) is 0 Å². The SMILES string of the molecule is Cc1ccc(-c2nn(CCF)cc2-c2ccncc2)cc1. The van der Waals surface area contributed by atoms with Gasteiger partial charge in [0.1, 0.15) is 12.4 Å². The molecule has 0 atom stereocenters. The molecular formula is C17H16FN3. The predicted molar refractivity (Wildman–Crippen MR) is 81.6 cm³/mol. The van der Waals surface area contributed by atoms with Crippen molar-refractivity contribution in [1.82, 2.24) is 14.8 Å². The lowest BCUT2D eigenvalue weighted by atomic mass is 10.0. The Hall–Kier alpha value is -2.49. The number of nitrogens with zero attached hydrogens (tertiary/aromatic N) is 3. The topological polar surface area (TPSA) is 30.7 Å². The van der Waals surface area contributed by atoms with E-state index in [1.165, 1.54) is 5.56 Å². The molecule has 0 aliphatic rings. The third kappa shape index (κ3) is 2.84. The highest BCUT2D eigenvalue weighted by Gasteiger charge is 2.12. The van der Waals surface area contributed by atoms with Crippen molar-refractivity contribution in [3.05, 3.63) is 60.6 Å². The first-order chi connectivity index (χ1) is 10.3. The molecule has 0 fully saturated rings. The van der Waals surface area contributed by atoms with Crippen molar-refractivity contribution in [3.63, 3.8) is 0 Å². The van der Waals surface area contributed by atoms with E-state index in [1.54, 1.807) is 17.1 Å². The summed E-state index contributed by atoms with van der Waals surface area (Å²) in [5, 5.41) is 4.53. The fourth-order valence-electron chi connectivity index (χ4n) is 2.29. The zero-order valence-electron chi connectivity index (χ0n) is 11.8. The first-order valence-corrected chi connectivity index (χ1v) is 6.89. The number of aryl methyl sites for hydroxylation is 2. The number of alkyl halides is 1. The Bertz CT molecular complexity index is 718. The molecule has 0 saturated heterocycles. The molecule has 0 amide bonds. The first-order valence-electron chi connectivity index (χ1n) is 6.89. The Morgan fingerprint density at radius 2 is 1.71 bits per heavy atom. The predicted octanol–water partition coefficient (Wildman–Crippen LogP) is 3.89. The second-order valence-corrected chi connectivity index (χ2v) is 4.95. The van der Waals surface area contributed by atoms with Crippen LogP contribution in [-0.4, -0.2) is 21.4 Å². The maximum atomic E-state index is 12.6. The standard InChI is InChI=1S/C17H16FN3/c1-13-2-4-15(5-3-13)17-16(12-21(20-17)11-8-18)14-6-9-19-10-7-14/h2-7,9-10,12H,8,11H2,1H3. The summed E-state index contributed by atoms with van der Waals surface area (Å²) in [5.74, 6) is 0. The molecule has 3 rings (SSSR count). The highest BCUT2D eigenvalue weighted by atomic mass is 19.1. The van der Waals surface area contributed by atoms with Crippen molar-refractivity contribution in [1.29, 1.82) is 0 Å². The van der Waals surface area contributed by atoms with Crippen molar-refractivity contribution < 1.29 is 4.39 Å². The van der Waals surface area contributed by atoms with E-state index < -0.39 is 6.67 Å². The minimum absolute atomic E-state index is 0.268. The Morgan fingerprint density at radius 1 is 1.00 bits per heavy atom. The lowest BCUT2D eigenvalue weighted by Crippen LogP contribution is -1.99. The molecule has 21 heavy (non-hydrogen) atoms. The summed E-state index contributed by atoms with van der Waals surface area (Å²) in [5.41, 5.74) is 5.13. The van der Waals surface area contributed by atoms with Crippen LogP contribution in [0.5, 0.6) is 0 Å². The number of halogens is 1. The van der Waals surface area contributed by atoms with Crippen LogP contribution < -0.4 is 0 Å². The van der Waals surface area contributed by atoms with Crippen molar-refractivity contribution in [3.8, 4) is 22.4 Å². The maximum absolute atomic E-state index is 12.6. The minimum atomic E-state index is -0.426. The van der Waals surface area contributed by atoms with E-state index in [0.717, 1.165) is 22.4 Å². The van der Waals surface area contributed by atoms with Gasteiger partial charge in [-0.25, -0.2) is 4.39 Å². The molecule has 0 saturated carbocycles. The fourth-order valence-corrected chi connectivity index (χ4v) is 2.29. The molecule has 2 aromatic heterocycles. The van der Waals surface area contributed by atoms with E-state index in [9.17, 15) is 4.39 Å². The van der Waals surface area contributed by atoms with Crippen LogP contribution in [-0.2, 0) is 6.54 Å². The molecule has 3 nitrogen and oxygen atoms in total. The first kappa shape index (κ1) is 13.5. The van der Waals surface area contributed by atoms with Crippen LogP contribution in [0.25, 0.3) is 22.4 Å². The zero-order chi connectivity index (χ0) is 14.7. The fraction of sp³-hybridized carbons (Fsp3) is 0.176. The van der Waals surface area contributed by atoms with E-state index >= 15 is 0 Å². The van der Waals surface area contributed by atoms with Gasteiger partial charge in [-0.15, -0.1) is 0 Å². The van der Waals surface area contributed by atoms with Crippen molar-refractivity contribution >= 4 is 0 Å². The van der Waals surface area contributed by atoms with Crippen LogP contribution in [0.2, 0.25) is 0 Å². The van der Waals surface area contributed by atoms with Crippen LogP contribution in [0.15, 0.2) is 55.0 Å². The van der Waals surface area contributed by atoms with Crippen LogP contribution in [0, 0.1) is 6.92 Å². The number of rotatable bonds is 4. The number of aromatic nitrogens is 3. The van der Waals surface area contributed by atoms with Gasteiger partial charge >= 0.3 is 0 Å². The molecule has 0 bridgehead atoms. The number of hydrogen-bond donors (Lipinski definition) is 0. The lowest BCUT2D eigenvalue weighted by molar-refractivity contribution is 0.427. The highest BCUT2D eigenvalue weighted by Crippen LogP contribution is 2.30. The van der Waals surface area contributed by atoms with Gasteiger partial charge < -0.3 is 0 Å². The van der Waals surface area contributed by atoms with Gasteiger partial charge in [0, 0.05) is 29.7 Å². The summed E-state index contributed by atoms with van der Waals surface area (Å²) in [6, 6.07) is 12.1. The number of pyridine rings is 1. The number of benzene rings is 1. The Kier molecular flexibility index (Phi) is 3.77. The third-order valence-corrected chi connectivity index (χ3v) is 3.39. The van der Waals surface area contributed by atoms with Crippen molar-refractivity contribution in [2.45, 2.75) is 13.5 Å². The van der Waals surface area contributed by atoms with Gasteiger partial charge in [0.05, 0.1) is 6.54 Å². The zero-order valence-corrected chi connectivity index (χ0v) is 11.8. The van der Waals surface area contributed by atoms with Crippen molar-refractivity contribution in [2.75, 3.05) is 6.67 Å². The van der Waals surface area contributed by atoms with E-state index in [4.69, 9.17) is 0 Å². The molecule has 4 heteroatoms. The molecule has 3 aromatic rings. The lowest BCUT2D eigenvalue weighted by Gasteiger charge is -2.03. The molecule has 0 aliphatic carbocycles. The van der Waals surface area contributed by atoms with E-state index in [2.05, 4.69) is 29.1 Å². The number of hydrogen-bond acceptors (Lipinski definition) is 2. The van der Waals surface area contributed by atoms with Crippen LogP contribution in [0.4, 0.5) is 4.39 Å². The molecule has 0 N–H and O–H groups in total. The molecule has 2 heterocycles. The van der Waals surface area contributed by atoms with Gasteiger partial charge in [-0.05, 0) is 24.6 Å². The van der Waals surface area contributed by atoms with Gasteiger partial charge in [0.25, 0.3) is 0 Å². The Morgan fingerprint density at radius 3 is 2.38 bits per heavy atom. The molecule has 106 valence electrons. The molecule has 0 aliphatic heterocycles. The molecule has 0 radical (unpaired) electrons. The third-order valence-electron chi connectivity index (χ3n) is 3.39. The van der Waals surface area contributed by atoms with Gasteiger partial charge in [-0.2, -0.15) is 5.10 Å². The second kappa shape index (κ2) is 5.87. The van der Waals surface area contributed by atoms with E-state index in [1.807, 2.05) is 30.5 Å². The van der Waals surface area contributed by atoms with Crippen LogP contribution >= 0.6 is 0 Å². The quantitative estimate of drug-likeness (QED) is 0.726. The summed E-state index contributed by atoms with van der Waals surface area (Å²) in [4.78, 5) is 4.04. The summed E-state index contributed by atoms with van der Waals surface area (Å²) in [6.45, 7) is 1.89. The average molecular weight is 281 g/mol. The van der Waals surface area contributed by atoms with E-state index in [0.29, 0.717) is 0 Å². The van der Waals surface area contributed by atoms with Gasteiger partial charge in [0.2, 0.25) is 0 Å². The second-order valence-electron chi connectivity index (χ2n) is 4.95. The Labute approximate surface area is 123 Å². The summed E-state index contributed by atoms with van der Waals surface area (Å²) in [7, 11) is 0. The van der Waals surface area contributed by atoms with Gasteiger partial charge in [-0.1, -0.05) is 29.8 Å². The normalized spacial score (nSPS) is 10.8. The van der Waals surface area contributed by atoms with Gasteiger partial charge in [0.15, 0.2) is 0 Å². The summed E-state index contributed by atoms with van der Waals surface area (Å²) >= 11 is 0. The highest BCUT2D eigenvalue weighted by molar-refractivity contribution is 5.80. The summed E-state index contributed by atoms with van der Waals surface area (Å²) in [6.07, 6.45) is 5.39. The molecule has 0 unspecified atom stereocenters. The Balaban J connectivity index is 2.11. The molecule has 0 spiro atoms. The van der Waals surface area contributed by atoms with E-state index in [-0.39, 0.29) is 6.54 Å². The minimum Gasteiger partial charge on any atom is -0.269 e. The van der Waals surface area contributed by atoms with Gasteiger partial charge in [-0.3, -0.25) is 9.67 Å². The largest absolute Gasteiger partial charge is 0.269 e. The monoisotopic (exact) mass is 281 g/mol. The average Bonchev–Trinajstić information content (AvgIpc) is 2.93. The van der Waals surface area contributed by atoms with Crippen molar-refractivity contribution in [2.24, 2.45) is 0 Å². The smallest absolute Gasteiger partial charge is 0.109 e. The van der Waals surface area contributed by atoms with Crippen LogP contribution in [0.1, 0.15) is 5.56 Å².